The van der Waals surface area contributed by atoms with Crippen molar-refractivity contribution in [1.82, 2.24) is 0 Å². The van der Waals surface area contributed by atoms with Crippen LogP contribution in [0.4, 0.5) is 17.1 Å². The Balaban J connectivity index is 1.29. The van der Waals surface area contributed by atoms with Crippen molar-refractivity contribution < 1.29 is 4.42 Å². The molecule has 2 heteroatoms. The van der Waals surface area contributed by atoms with Crippen LogP contribution in [0.3, 0.4) is 0 Å². The molecule has 0 fully saturated rings. The van der Waals surface area contributed by atoms with Crippen molar-refractivity contribution in [2.45, 2.75) is 19.3 Å². The molecule has 1 heterocycles. The first-order valence-corrected chi connectivity index (χ1v) is 18.4. The van der Waals surface area contributed by atoms with Gasteiger partial charge in [-0.25, -0.2) is 0 Å². The molecule has 10 rings (SSSR count). The quantitative estimate of drug-likeness (QED) is 0.174. The van der Waals surface area contributed by atoms with Crippen molar-refractivity contribution >= 4 is 39.0 Å². The highest BCUT2D eigenvalue weighted by Crippen LogP contribution is 2.53. The van der Waals surface area contributed by atoms with E-state index < -0.39 is 0 Å². The van der Waals surface area contributed by atoms with Crippen molar-refractivity contribution in [3.63, 3.8) is 0 Å². The summed E-state index contributed by atoms with van der Waals surface area (Å²) in [5.74, 6) is 0. The minimum atomic E-state index is -0.146. The highest BCUT2D eigenvalue weighted by atomic mass is 16.3. The molecule has 2 nitrogen and oxygen atoms in total. The second-order valence-corrected chi connectivity index (χ2v) is 14.5. The van der Waals surface area contributed by atoms with E-state index in [1.165, 1.54) is 55.6 Å². The minimum absolute atomic E-state index is 0.146. The first-order valence-electron chi connectivity index (χ1n) is 18.4. The Labute approximate surface area is 310 Å². The van der Waals surface area contributed by atoms with Crippen LogP contribution in [0.2, 0.25) is 0 Å². The minimum Gasteiger partial charge on any atom is -0.456 e. The van der Waals surface area contributed by atoms with Gasteiger partial charge in [0.2, 0.25) is 0 Å². The number of fused-ring (bicyclic) bond motifs is 6. The third kappa shape index (κ3) is 5.02. The van der Waals surface area contributed by atoms with Crippen LogP contribution in [0.1, 0.15) is 25.0 Å². The molecule has 0 saturated heterocycles. The van der Waals surface area contributed by atoms with Gasteiger partial charge in [0.15, 0.2) is 0 Å². The average Bonchev–Trinajstić information content (AvgIpc) is 3.70. The number of furan rings is 1. The first kappa shape index (κ1) is 31.1. The van der Waals surface area contributed by atoms with E-state index in [2.05, 4.69) is 201 Å². The van der Waals surface area contributed by atoms with E-state index in [1.807, 2.05) is 6.07 Å². The SMILES string of the molecule is CC1(C)c2ccccc2-c2ccc(N(c3ccc4oc5ccccc5c4c3)c3cccc(-c4ccccc4)c3-c3ccccc3-c3ccccc3)cc21. The molecule has 0 atom stereocenters. The monoisotopic (exact) mass is 679 g/mol. The zero-order valence-electron chi connectivity index (χ0n) is 29.8. The average molecular weight is 680 g/mol. The van der Waals surface area contributed by atoms with E-state index >= 15 is 0 Å². The number of benzene rings is 8. The molecule has 9 aromatic rings. The van der Waals surface area contributed by atoms with Gasteiger partial charge in [0, 0.05) is 33.1 Å². The third-order valence-electron chi connectivity index (χ3n) is 11.1. The van der Waals surface area contributed by atoms with Crippen LogP contribution in [-0.2, 0) is 5.41 Å². The van der Waals surface area contributed by atoms with Crippen LogP contribution in [0, 0.1) is 0 Å². The topological polar surface area (TPSA) is 16.4 Å². The molecule has 1 aliphatic rings. The van der Waals surface area contributed by atoms with E-state index in [9.17, 15) is 0 Å². The molecule has 0 radical (unpaired) electrons. The lowest BCUT2D eigenvalue weighted by Crippen LogP contribution is -2.17. The summed E-state index contributed by atoms with van der Waals surface area (Å²) in [6.45, 7) is 4.71. The summed E-state index contributed by atoms with van der Waals surface area (Å²) in [5.41, 5.74) is 17.3. The Morgan fingerprint density at radius 1 is 0.396 bits per heavy atom. The van der Waals surface area contributed by atoms with Crippen LogP contribution < -0.4 is 4.90 Å². The fourth-order valence-corrected chi connectivity index (χ4v) is 8.55. The molecule has 0 aliphatic heterocycles. The standard InChI is InChI=1S/C51H37NO/c1-51(2)45-25-13-11-21-40(45)41-30-28-37(33-46(41)51)52(36-29-31-49-44(32-36)42-22-12-14-27-48(42)53-49)47-26-15-24-39(35-18-7-4-8-19-35)50(47)43-23-10-9-20-38(43)34-16-5-3-6-17-34/h3-33H,1-2H3. The smallest absolute Gasteiger partial charge is 0.135 e. The van der Waals surface area contributed by atoms with Gasteiger partial charge in [-0.1, -0.05) is 159 Å². The largest absolute Gasteiger partial charge is 0.456 e. The molecule has 8 aromatic carbocycles. The molecule has 0 unspecified atom stereocenters. The predicted molar refractivity (Wildman–Crippen MR) is 222 cm³/mol. The first-order chi connectivity index (χ1) is 26.1. The normalized spacial score (nSPS) is 12.9. The van der Waals surface area contributed by atoms with Crippen molar-refractivity contribution in [3.8, 4) is 44.5 Å². The van der Waals surface area contributed by atoms with Crippen molar-refractivity contribution in [2.24, 2.45) is 0 Å². The number of para-hydroxylation sites is 1. The molecule has 252 valence electrons. The molecule has 0 amide bonds. The van der Waals surface area contributed by atoms with Crippen LogP contribution >= 0.6 is 0 Å². The number of anilines is 3. The zero-order chi connectivity index (χ0) is 35.5. The van der Waals surface area contributed by atoms with Gasteiger partial charge >= 0.3 is 0 Å². The van der Waals surface area contributed by atoms with Gasteiger partial charge in [-0.3, -0.25) is 0 Å². The maximum absolute atomic E-state index is 6.34. The molecule has 0 saturated carbocycles. The van der Waals surface area contributed by atoms with Gasteiger partial charge < -0.3 is 9.32 Å². The fraction of sp³-hybridized carbons (Fsp3) is 0.0588. The summed E-state index contributed by atoms with van der Waals surface area (Å²) < 4.78 is 6.34. The lowest BCUT2D eigenvalue weighted by molar-refractivity contribution is 0.660. The molecule has 1 aromatic heterocycles. The van der Waals surface area contributed by atoms with E-state index in [0.717, 1.165) is 39.0 Å². The molecule has 0 N–H and O–H groups in total. The van der Waals surface area contributed by atoms with Gasteiger partial charge in [0.1, 0.15) is 11.2 Å². The van der Waals surface area contributed by atoms with E-state index in [1.54, 1.807) is 0 Å². The maximum Gasteiger partial charge on any atom is 0.135 e. The van der Waals surface area contributed by atoms with Gasteiger partial charge in [0.25, 0.3) is 0 Å². The Morgan fingerprint density at radius 2 is 0.962 bits per heavy atom. The third-order valence-corrected chi connectivity index (χ3v) is 11.1. The summed E-state index contributed by atoms with van der Waals surface area (Å²) in [6, 6.07) is 68.0. The number of hydrogen-bond acceptors (Lipinski definition) is 2. The summed E-state index contributed by atoms with van der Waals surface area (Å²) >= 11 is 0. The van der Waals surface area contributed by atoms with Crippen molar-refractivity contribution in [1.29, 1.82) is 0 Å². The molecule has 0 spiro atoms. The van der Waals surface area contributed by atoms with E-state index in [4.69, 9.17) is 4.42 Å². The van der Waals surface area contributed by atoms with Crippen molar-refractivity contribution in [3.05, 3.63) is 199 Å². The highest BCUT2D eigenvalue weighted by molar-refractivity contribution is 6.08. The van der Waals surface area contributed by atoms with Gasteiger partial charge in [-0.2, -0.15) is 0 Å². The Bertz CT molecular complexity index is 2810. The number of rotatable bonds is 6. The van der Waals surface area contributed by atoms with Crippen LogP contribution in [0.25, 0.3) is 66.4 Å². The van der Waals surface area contributed by atoms with Crippen LogP contribution in [0.15, 0.2) is 192 Å². The zero-order valence-corrected chi connectivity index (χ0v) is 29.8. The lowest BCUT2D eigenvalue weighted by Gasteiger charge is -2.31. The van der Waals surface area contributed by atoms with Crippen LogP contribution in [-0.4, -0.2) is 0 Å². The summed E-state index contributed by atoms with van der Waals surface area (Å²) in [7, 11) is 0. The Kier molecular flexibility index (Phi) is 7.19. The van der Waals surface area contributed by atoms with Gasteiger partial charge in [0.05, 0.1) is 5.69 Å². The number of nitrogens with zero attached hydrogens (tertiary/aromatic N) is 1. The van der Waals surface area contributed by atoms with E-state index in [-0.39, 0.29) is 5.41 Å². The van der Waals surface area contributed by atoms with Gasteiger partial charge in [-0.05, 0) is 92.5 Å². The number of hydrogen-bond donors (Lipinski definition) is 0. The van der Waals surface area contributed by atoms with Crippen molar-refractivity contribution in [2.75, 3.05) is 4.90 Å². The highest BCUT2D eigenvalue weighted by Gasteiger charge is 2.36. The lowest BCUT2D eigenvalue weighted by atomic mass is 9.82. The van der Waals surface area contributed by atoms with E-state index in [0.29, 0.717) is 0 Å². The molecule has 53 heavy (non-hydrogen) atoms. The maximum atomic E-state index is 6.34. The van der Waals surface area contributed by atoms with Gasteiger partial charge in [-0.15, -0.1) is 0 Å². The Hall–Kier alpha value is -6.64. The fourth-order valence-electron chi connectivity index (χ4n) is 8.55. The summed E-state index contributed by atoms with van der Waals surface area (Å²) in [6.07, 6.45) is 0. The molecule has 1 aliphatic carbocycles. The predicted octanol–water partition coefficient (Wildman–Crippen LogP) is 14.4. The molecule has 0 bridgehead atoms. The second-order valence-electron chi connectivity index (χ2n) is 14.5. The second kappa shape index (κ2) is 12.3. The summed E-state index contributed by atoms with van der Waals surface area (Å²) in [4.78, 5) is 2.46. The Morgan fingerprint density at radius 3 is 1.75 bits per heavy atom. The van der Waals surface area contributed by atoms with Crippen LogP contribution in [0.5, 0.6) is 0 Å². The summed E-state index contributed by atoms with van der Waals surface area (Å²) in [5, 5.41) is 2.21. The molecular formula is C51H37NO. The molecular weight excluding hydrogens is 643 g/mol.